The summed E-state index contributed by atoms with van der Waals surface area (Å²) in [5.41, 5.74) is 4.36. The van der Waals surface area contributed by atoms with Crippen LogP contribution >= 0.6 is 0 Å². The molecule has 98 valence electrons. The van der Waals surface area contributed by atoms with Crippen LogP contribution in [0.15, 0.2) is 12.1 Å². The maximum atomic E-state index is 13.5. The van der Waals surface area contributed by atoms with Gasteiger partial charge in [-0.3, -0.25) is 4.79 Å². The second-order valence-electron chi connectivity index (χ2n) is 4.53. The van der Waals surface area contributed by atoms with Gasteiger partial charge in [-0.25, -0.2) is 8.78 Å². The van der Waals surface area contributed by atoms with Gasteiger partial charge in [0.2, 0.25) is 0 Å². The molecule has 1 saturated carbocycles. The van der Waals surface area contributed by atoms with Crippen LogP contribution in [0.5, 0.6) is 0 Å². The standard InChI is InChI=1S/C12H14F2N2O2/c13-8-1-2-9(15)11(14)10(8)12(18)16-5-6-3-7(17)4-6/h1-2,6-7,17H,3-5,15H2,(H,16,18). The fourth-order valence-electron chi connectivity index (χ4n) is 1.97. The number of rotatable bonds is 3. The van der Waals surface area contributed by atoms with E-state index in [1.807, 2.05) is 0 Å². The zero-order chi connectivity index (χ0) is 13.3. The molecule has 1 aliphatic rings. The third kappa shape index (κ3) is 2.43. The summed E-state index contributed by atoms with van der Waals surface area (Å²) in [6.45, 7) is 0.295. The zero-order valence-corrected chi connectivity index (χ0v) is 9.62. The van der Waals surface area contributed by atoms with E-state index in [0.717, 1.165) is 12.1 Å². The molecule has 4 nitrogen and oxygen atoms in total. The highest BCUT2D eigenvalue weighted by Gasteiger charge is 2.28. The number of benzene rings is 1. The van der Waals surface area contributed by atoms with Crippen LogP contribution in [-0.4, -0.2) is 23.7 Å². The molecule has 18 heavy (non-hydrogen) atoms. The summed E-state index contributed by atoms with van der Waals surface area (Å²) in [6.07, 6.45) is 0.873. The molecule has 1 aliphatic carbocycles. The molecule has 0 unspecified atom stereocenters. The lowest BCUT2D eigenvalue weighted by molar-refractivity contribution is 0.0419. The lowest BCUT2D eigenvalue weighted by Crippen LogP contribution is -2.38. The van der Waals surface area contributed by atoms with Crippen LogP contribution in [0.3, 0.4) is 0 Å². The highest BCUT2D eigenvalue weighted by Crippen LogP contribution is 2.26. The van der Waals surface area contributed by atoms with Crippen molar-refractivity contribution in [3.8, 4) is 0 Å². The molecule has 0 saturated heterocycles. The van der Waals surface area contributed by atoms with Gasteiger partial charge in [0.25, 0.3) is 5.91 Å². The molecule has 0 aliphatic heterocycles. The number of nitrogens with one attached hydrogen (secondary N) is 1. The first-order valence-corrected chi connectivity index (χ1v) is 5.68. The number of carbonyl (C=O) groups excluding carboxylic acids is 1. The van der Waals surface area contributed by atoms with Gasteiger partial charge in [-0.1, -0.05) is 0 Å². The number of hydrogen-bond acceptors (Lipinski definition) is 3. The van der Waals surface area contributed by atoms with Crippen molar-refractivity contribution in [3.05, 3.63) is 29.3 Å². The number of carbonyl (C=O) groups is 1. The Bertz CT molecular complexity index is 473. The molecule has 4 N–H and O–H groups in total. The van der Waals surface area contributed by atoms with Crippen LogP contribution in [0.2, 0.25) is 0 Å². The Kier molecular flexibility index (Phi) is 3.47. The number of nitrogens with two attached hydrogens (primary N) is 1. The van der Waals surface area contributed by atoms with Crippen molar-refractivity contribution in [1.29, 1.82) is 0 Å². The Morgan fingerprint density at radius 1 is 1.44 bits per heavy atom. The average molecular weight is 256 g/mol. The van der Waals surface area contributed by atoms with Gasteiger partial charge in [-0.2, -0.15) is 0 Å². The lowest BCUT2D eigenvalue weighted by Gasteiger charge is -2.31. The topological polar surface area (TPSA) is 75.4 Å². The Hall–Kier alpha value is -1.69. The minimum Gasteiger partial charge on any atom is -0.396 e. The third-order valence-corrected chi connectivity index (χ3v) is 3.11. The van der Waals surface area contributed by atoms with Gasteiger partial charge >= 0.3 is 0 Å². The van der Waals surface area contributed by atoms with E-state index in [9.17, 15) is 13.6 Å². The second-order valence-corrected chi connectivity index (χ2v) is 4.53. The molecule has 6 heteroatoms. The summed E-state index contributed by atoms with van der Waals surface area (Å²) in [6, 6.07) is 2.03. The Morgan fingerprint density at radius 3 is 2.72 bits per heavy atom. The van der Waals surface area contributed by atoms with Gasteiger partial charge in [-0.15, -0.1) is 0 Å². The van der Waals surface area contributed by atoms with E-state index >= 15 is 0 Å². The van der Waals surface area contributed by atoms with Crippen molar-refractivity contribution < 1.29 is 18.7 Å². The van der Waals surface area contributed by atoms with Crippen molar-refractivity contribution in [2.24, 2.45) is 5.92 Å². The lowest BCUT2D eigenvalue weighted by atomic mass is 9.82. The van der Waals surface area contributed by atoms with Gasteiger partial charge in [-0.05, 0) is 30.9 Å². The molecule has 0 atom stereocenters. The van der Waals surface area contributed by atoms with E-state index in [1.54, 1.807) is 0 Å². The first kappa shape index (κ1) is 12.8. The highest BCUT2D eigenvalue weighted by atomic mass is 19.1. The van der Waals surface area contributed by atoms with Crippen LogP contribution in [-0.2, 0) is 0 Å². The molecular formula is C12H14F2N2O2. The van der Waals surface area contributed by atoms with Crippen molar-refractivity contribution in [2.45, 2.75) is 18.9 Å². The third-order valence-electron chi connectivity index (χ3n) is 3.11. The van der Waals surface area contributed by atoms with Crippen LogP contribution in [0.25, 0.3) is 0 Å². The van der Waals surface area contributed by atoms with E-state index in [-0.39, 0.29) is 17.7 Å². The molecule has 0 aromatic heterocycles. The number of amides is 1. The average Bonchev–Trinajstić information content (AvgIpc) is 2.28. The van der Waals surface area contributed by atoms with E-state index in [2.05, 4.69) is 5.32 Å². The molecule has 0 bridgehead atoms. The van der Waals surface area contributed by atoms with Crippen molar-refractivity contribution in [1.82, 2.24) is 5.32 Å². The number of halogens is 2. The second kappa shape index (κ2) is 4.89. The summed E-state index contributed by atoms with van der Waals surface area (Å²) in [7, 11) is 0. The molecule has 0 radical (unpaired) electrons. The van der Waals surface area contributed by atoms with E-state index < -0.39 is 23.1 Å². The van der Waals surface area contributed by atoms with Gasteiger partial charge in [0.05, 0.1) is 11.8 Å². The summed E-state index contributed by atoms with van der Waals surface area (Å²) >= 11 is 0. The summed E-state index contributed by atoms with van der Waals surface area (Å²) < 4.78 is 26.9. The molecule has 2 rings (SSSR count). The maximum Gasteiger partial charge on any atom is 0.257 e. The maximum absolute atomic E-state index is 13.5. The predicted octanol–water partition coefficient (Wildman–Crippen LogP) is 1.05. The zero-order valence-electron chi connectivity index (χ0n) is 9.62. The molecule has 0 heterocycles. The number of nitrogen functional groups attached to an aromatic ring is 1. The molecule has 1 aromatic carbocycles. The normalized spacial score (nSPS) is 22.4. The fraction of sp³-hybridized carbons (Fsp3) is 0.417. The molecule has 1 amide bonds. The van der Waals surface area contributed by atoms with E-state index in [1.165, 1.54) is 0 Å². The van der Waals surface area contributed by atoms with Crippen molar-refractivity contribution in [2.75, 3.05) is 12.3 Å². The Morgan fingerprint density at radius 2 is 2.11 bits per heavy atom. The van der Waals surface area contributed by atoms with E-state index in [4.69, 9.17) is 10.8 Å². The van der Waals surface area contributed by atoms with Gasteiger partial charge in [0.15, 0.2) is 5.82 Å². The Labute approximate surface area is 103 Å². The van der Waals surface area contributed by atoms with Crippen LogP contribution < -0.4 is 11.1 Å². The number of aliphatic hydroxyl groups excluding tert-OH is 1. The summed E-state index contributed by atoms with van der Waals surface area (Å²) in [4.78, 5) is 11.7. The molecule has 0 spiro atoms. The SMILES string of the molecule is Nc1ccc(F)c(C(=O)NCC2CC(O)C2)c1F. The highest BCUT2D eigenvalue weighted by molar-refractivity contribution is 5.95. The van der Waals surface area contributed by atoms with E-state index in [0.29, 0.717) is 19.4 Å². The first-order valence-electron chi connectivity index (χ1n) is 5.68. The van der Waals surface area contributed by atoms with Crippen LogP contribution in [0.4, 0.5) is 14.5 Å². The first-order chi connectivity index (χ1) is 8.49. The summed E-state index contributed by atoms with van der Waals surface area (Å²) in [5, 5.41) is 11.5. The number of hydrogen-bond donors (Lipinski definition) is 3. The molecule has 1 fully saturated rings. The van der Waals surface area contributed by atoms with Gasteiger partial charge in [0.1, 0.15) is 11.4 Å². The van der Waals surface area contributed by atoms with Crippen molar-refractivity contribution >= 4 is 11.6 Å². The monoisotopic (exact) mass is 256 g/mol. The Balaban J connectivity index is 2.02. The quantitative estimate of drug-likeness (QED) is 0.707. The van der Waals surface area contributed by atoms with Gasteiger partial charge < -0.3 is 16.2 Å². The fourth-order valence-corrected chi connectivity index (χ4v) is 1.97. The van der Waals surface area contributed by atoms with Crippen LogP contribution in [0.1, 0.15) is 23.2 Å². The van der Waals surface area contributed by atoms with Gasteiger partial charge in [0, 0.05) is 6.54 Å². The number of aliphatic hydroxyl groups is 1. The minimum absolute atomic E-state index is 0.163. The van der Waals surface area contributed by atoms with Crippen molar-refractivity contribution in [3.63, 3.8) is 0 Å². The van der Waals surface area contributed by atoms with Crippen LogP contribution in [0, 0.1) is 17.6 Å². The predicted molar refractivity (Wildman–Crippen MR) is 61.8 cm³/mol. The largest absolute Gasteiger partial charge is 0.396 e. The minimum atomic E-state index is -1.04. The smallest absolute Gasteiger partial charge is 0.257 e. The molecular weight excluding hydrogens is 242 g/mol. The number of anilines is 1. The molecule has 1 aromatic rings. The summed E-state index contributed by atoms with van der Waals surface area (Å²) in [5.74, 6) is -2.64.